The largest absolute Gasteiger partial charge is 0.439 e. The van der Waals surface area contributed by atoms with E-state index in [2.05, 4.69) is 31.3 Å². The fourth-order valence-electron chi connectivity index (χ4n) is 0.876. The molecular weight excluding hydrogens is 222 g/mol. The first-order valence-corrected chi connectivity index (χ1v) is 5.47. The van der Waals surface area contributed by atoms with E-state index in [1.165, 1.54) is 0 Å². The summed E-state index contributed by atoms with van der Waals surface area (Å²) < 4.78 is 5.55. The van der Waals surface area contributed by atoms with Crippen LogP contribution < -0.4 is 0 Å². The second-order valence-corrected chi connectivity index (χ2v) is 3.24. The zero-order valence-corrected chi connectivity index (χ0v) is 10.8. The highest BCUT2D eigenvalue weighted by atomic mass is 16.5. The second kappa shape index (κ2) is 9.85. The van der Waals surface area contributed by atoms with Gasteiger partial charge in [0, 0.05) is 12.3 Å². The average molecular weight is 241 g/mol. The van der Waals surface area contributed by atoms with Gasteiger partial charge in [-0.1, -0.05) is 56.2 Å². The molecule has 0 spiro atoms. The standard InChI is InChI=1S/C16H19NO/c1-6-10-16(17-13-7-2)18-15(9-4)12-11-14(5)8-3/h6-13H,1-4H2,5H3/b14-11-,15-12+,16-10+,17-13-. The van der Waals surface area contributed by atoms with Crippen LogP contribution in [0.2, 0.25) is 0 Å². The third-order valence-electron chi connectivity index (χ3n) is 1.82. The summed E-state index contributed by atoms with van der Waals surface area (Å²) in [5.41, 5.74) is 1.03. The van der Waals surface area contributed by atoms with Crippen molar-refractivity contribution in [1.82, 2.24) is 0 Å². The lowest BCUT2D eigenvalue weighted by molar-refractivity contribution is 0.318. The average Bonchev–Trinajstić information content (AvgIpc) is 2.40. The van der Waals surface area contributed by atoms with E-state index in [0.29, 0.717) is 11.6 Å². The van der Waals surface area contributed by atoms with Gasteiger partial charge in [-0.05, 0) is 19.1 Å². The molecule has 0 saturated heterocycles. The molecule has 0 aliphatic carbocycles. The molecule has 0 aliphatic heterocycles. The lowest BCUT2D eigenvalue weighted by Gasteiger charge is -2.05. The molecule has 0 rings (SSSR count). The summed E-state index contributed by atoms with van der Waals surface area (Å²) in [5.74, 6) is 1.01. The van der Waals surface area contributed by atoms with E-state index >= 15 is 0 Å². The third kappa shape index (κ3) is 7.01. The van der Waals surface area contributed by atoms with Gasteiger partial charge in [-0.15, -0.1) is 0 Å². The maximum atomic E-state index is 5.55. The Morgan fingerprint density at radius 3 is 2.17 bits per heavy atom. The Balaban J connectivity index is 4.98. The van der Waals surface area contributed by atoms with Crippen molar-refractivity contribution in [2.75, 3.05) is 0 Å². The fraction of sp³-hybridized carbons (Fsp3) is 0.0625. The number of hydrogen-bond acceptors (Lipinski definition) is 2. The van der Waals surface area contributed by atoms with Crippen molar-refractivity contribution in [2.45, 2.75) is 6.92 Å². The Bertz CT molecular complexity index is 434. The van der Waals surface area contributed by atoms with E-state index < -0.39 is 0 Å². The van der Waals surface area contributed by atoms with Crippen LogP contribution in [0, 0.1) is 0 Å². The highest BCUT2D eigenvalue weighted by Crippen LogP contribution is 2.10. The Kier molecular flexibility index (Phi) is 8.56. The molecule has 0 N–H and O–H groups in total. The number of nitrogens with zero attached hydrogens (tertiary/aromatic N) is 1. The Morgan fingerprint density at radius 1 is 0.944 bits per heavy atom. The van der Waals surface area contributed by atoms with Crippen molar-refractivity contribution in [3.8, 4) is 0 Å². The first kappa shape index (κ1) is 15.7. The molecule has 0 aromatic carbocycles. The summed E-state index contributed by atoms with van der Waals surface area (Å²) in [5, 5.41) is 0. The molecule has 0 aromatic heterocycles. The van der Waals surface area contributed by atoms with Gasteiger partial charge < -0.3 is 4.74 Å². The minimum atomic E-state index is 0.417. The summed E-state index contributed by atoms with van der Waals surface area (Å²) in [6, 6.07) is 0. The third-order valence-corrected chi connectivity index (χ3v) is 1.82. The highest BCUT2D eigenvalue weighted by molar-refractivity contribution is 5.71. The molecule has 94 valence electrons. The van der Waals surface area contributed by atoms with Gasteiger partial charge in [0.25, 0.3) is 0 Å². The highest BCUT2D eigenvalue weighted by Gasteiger charge is 1.96. The van der Waals surface area contributed by atoms with E-state index in [4.69, 9.17) is 4.74 Å². The molecular formula is C16H19NO. The van der Waals surface area contributed by atoms with Crippen molar-refractivity contribution < 1.29 is 4.74 Å². The summed E-state index contributed by atoms with van der Waals surface area (Å²) in [6.45, 7) is 16.5. The summed E-state index contributed by atoms with van der Waals surface area (Å²) in [4.78, 5) is 4.06. The Hall–Kier alpha value is -2.35. The predicted octanol–water partition coefficient (Wildman–Crippen LogP) is 4.49. The first-order valence-electron chi connectivity index (χ1n) is 5.47. The fourth-order valence-corrected chi connectivity index (χ4v) is 0.876. The van der Waals surface area contributed by atoms with Crippen molar-refractivity contribution >= 4 is 6.21 Å². The van der Waals surface area contributed by atoms with Crippen LogP contribution in [0.1, 0.15) is 6.92 Å². The Morgan fingerprint density at radius 2 is 1.67 bits per heavy atom. The smallest absolute Gasteiger partial charge is 0.219 e. The quantitative estimate of drug-likeness (QED) is 0.348. The van der Waals surface area contributed by atoms with Crippen molar-refractivity contribution in [2.24, 2.45) is 4.99 Å². The lowest BCUT2D eigenvalue weighted by Crippen LogP contribution is -1.88. The predicted molar refractivity (Wildman–Crippen MR) is 80.3 cm³/mol. The van der Waals surface area contributed by atoms with Crippen molar-refractivity contribution in [1.29, 1.82) is 0 Å². The molecule has 0 aliphatic rings. The molecule has 0 saturated carbocycles. The minimum Gasteiger partial charge on any atom is -0.439 e. The number of allylic oxidation sites excluding steroid dienone is 8. The number of aliphatic imine (C=N–C) groups is 1. The lowest BCUT2D eigenvalue weighted by atomic mass is 10.2. The van der Waals surface area contributed by atoms with Gasteiger partial charge >= 0.3 is 0 Å². The first-order chi connectivity index (χ1) is 8.67. The molecule has 0 fully saturated rings. The van der Waals surface area contributed by atoms with Crippen LogP contribution in [0.3, 0.4) is 0 Å². The van der Waals surface area contributed by atoms with E-state index in [1.54, 1.807) is 42.7 Å². The van der Waals surface area contributed by atoms with Gasteiger partial charge in [0.2, 0.25) is 5.88 Å². The van der Waals surface area contributed by atoms with Gasteiger partial charge in [-0.3, -0.25) is 0 Å². The van der Waals surface area contributed by atoms with E-state index in [1.807, 2.05) is 13.0 Å². The van der Waals surface area contributed by atoms with Gasteiger partial charge in [0.1, 0.15) is 5.76 Å². The summed E-state index contributed by atoms with van der Waals surface area (Å²) in [6.07, 6.45) is 13.4. The van der Waals surface area contributed by atoms with Gasteiger partial charge in [0.05, 0.1) is 0 Å². The molecule has 2 nitrogen and oxygen atoms in total. The van der Waals surface area contributed by atoms with Crippen LogP contribution in [0.15, 0.2) is 91.1 Å². The summed E-state index contributed by atoms with van der Waals surface area (Å²) >= 11 is 0. The number of rotatable bonds is 8. The van der Waals surface area contributed by atoms with Crippen molar-refractivity contribution in [3.05, 3.63) is 86.1 Å². The van der Waals surface area contributed by atoms with E-state index in [-0.39, 0.29) is 0 Å². The van der Waals surface area contributed by atoms with Gasteiger partial charge in [-0.25, -0.2) is 4.99 Å². The zero-order chi connectivity index (χ0) is 13.8. The van der Waals surface area contributed by atoms with Gasteiger partial charge in [-0.2, -0.15) is 0 Å². The molecule has 18 heavy (non-hydrogen) atoms. The molecule has 0 aromatic rings. The molecule has 0 heterocycles. The van der Waals surface area contributed by atoms with Gasteiger partial charge in [0.15, 0.2) is 0 Å². The maximum absolute atomic E-state index is 5.55. The van der Waals surface area contributed by atoms with Crippen LogP contribution in [-0.4, -0.2) is 6.21 Å². The van der Waals surface area contributed by atoms with Crippen LogP contribution in [0.5, 0.6) is 0 Å². The monoisotopic (exact) mass is 241 g/mol. The van der Waals surface area contributed by atoms with E-state index in [9.17, 15) is 0 Å². The molecule has 0 atom stereocenters. The second-order valence-electron chi connectivity index (χ2n) is 3.24. The maximum Gasteiger partial charge on any atom is 0.219 e. The zero-order valence-electron chi connectivity index (χ0n) is 10.8. The molecule has 0 radical (unpaired) electrons. The van der Waals surface area contributed by atoms with E-state index in [0.717, 1.165) is 5.57 Å². The van der Waals surface area contributed by atoms with Crippen LogP contribution in [-0.2, 0) is 4.74 Å². The normalized spacial score (nSPS) is 13.3. The summed E-state index contributed by atoms with van der Waals surface area (Å²) in [7, 11) is 0. The number of ether oxygens (including phenoxy) is 1. The van der Waals surface area contributed by atoms with Crippen molar-refractivity contribution in [3.63, 3.8) is 0 Å². The minimum absolute atomic E-state index is 0.417. The van der Waals surface area contributed by atoms with Crippen LogP contribution >= 0.6 is 0 Å². The van der Waals surface area contributed by atoms with Crippen LogP contribution in [0.25, 0.3) is 0 Å². The molecule has 0 amide bonds. The molecule has 0 unspecified atom stereocenters. The topological polar surface area (TPSA) is 21.6 Å². The van der Waals surface area contributed by atoms with Crippen LogP contribution in [0.4, 0.5) is 0 Å². The Labute approximate surface area is 109 Å². The number of hydrogen-bond donors (Lipinski definition) is 0. The molecule has 2 heteroatoms. The SMILES string of the molecule is C=C/C=N\C(=C/C=C)O/C(C=C)=C/C=C(/C)C=C. The molecule has 0 bridgehead atoms.